The highest BCUT2D eigenvalue weighted by molar-refractivity contribution is 5.92. The first kappa shape index (κ1) is 34.3. The van der Waals surface area contributed by atoms with Crippen LogP contribution in [0, 0.1) is 0 Å². The van der Waals surface area contributed by atoms with Gasteiger partial charge in [0.15, 0.2) is 5.82 Å². The van der Waals surface area contributed by atoms with Gasteiger partial charge in [0.25, 0.3) is 0 Å². The average Bonchev–Trinajstić information content (AvgIpc) is 3.53. The first-order valence-corrected chi connectivity index (χ1v) is 19.5. The molecule has 270 valence electrons. The second-order valence-electron chi connectivity index (χ2n) is 15.3. The number of hydrogen-bond acceptors (Lipinski definition) is 3. The normalized spacial score (nSPS) is 12.5. The molecular weight excluding hydrogens is 691 g/mol. The summed E-state index contributed by atoms with van der Waals surface area (Å²) in [5, 5.41) is 0. The third-order valence-electron chi connectivity index (χ3n) is 11.5. The summed E-state index contributed by atoms with van der Waals surface area (Å²) in [7, 11) is 0. The van der Waals surface area contributed by atoms with Crippen LogP contribution in [0.1, 0.15) is 25.0 Å². The van der Waals surface area contributed by atoms with Crippen LogP contribution in [0.25, 0.3) is 89.5 Å². The van der Waals surface area contributed by atoms with Gasteiger partial charge in [-0.05, 0) is 78.9 Å². The number of fused-ring (bicyclic) bond motifs is 3. The van der Waals surface area contributed by atoms with E-state index in [2.05, 4.69) is 195 Å². The Kier molecular flexibility index (Phi) is 8.49. The Hall–Kier alpha value is -7.23. The van der Waals surface area contributed by atoms with E-state index in [1.54, 1.807) is 6.20 Å². The molecule has 0 bridgehead atoms. The second kappa shape index (κ2) is 14.1. The van der Waals surface area contributed by atoms with Crippen molar-refractivity contribution < 1.29 is 0 Å². The molecule has 2 heterocycles. The van der Waals surface area contributed by atoms with Crippen LogP contribution in [0.3, 0.4) is 0 Å². The summed E-state index contributed by atoms with van der Waals surface area (Å²) in [6.45, 7) is 4.64. The van der Waals surface area contributed by atoms with Crippen molar-refractivity contribution in [2.24, 2.45) is 0 Å². The molecule has 0 unspecified atom stereocenters. The molecule has 0 N–H and O–H groups in total. The van der Waals surface area contributed by atoms with Crippen LogP contribution in [0.2, 0.25) is 0 Å². The van der Waals surface area contributed by atoms with Gasteiger partial charge in [0.1, 0.15) is 0 Å². The van der Waals surface area contributed by atoms with Gasteiger partial charge in [-0.2, -0.15) is 0 Å². The van der Waals surface area contributed by atoms with E-state index in [0.717, 1.165) is 50.3 Å². The number of benzene rings is 7. The SMILES string of the molecule is CC1(C)c2ccccc2-c2c(-c3cc(-c4ccc(-c5ccc(-c6ccc(-c7cccnc7)cc6)cc5)cc4)nc(-c4ccc(-c5ccccc5)cc4)n3)cccc21. The van der Waals surface area contributed by atoms with Crippen molar-refractivity contribution in [3.05, 3.63) is 212 Å². The largest absolute Gasteiger partial charge is 0.264 e. The summed E-state index contributed by atoms with van der Waals surface area (Å²) in [6, 6.07) is 67.0. The maximum absolute atomic E-state index is 5.30. The standard InChI is InChI=1S/C54H39N3/c1-54(2)48-15-7-6-13-46(48)52-47(14-8-16-49(52)54)51-34-50(56-53(57-51)44-31-27-37(28-32-44)36-10-4-3-5-11-36)43-29-25-41(26-30-43)39-19-17-38(18-20-39)40-21-23-42(24-22-40)45-12-9-33-55-35-45/h3-35H,1-2H3. The Labute approximate surface area is 334 Å². The van der Waals surface area contributed by atoms with Crippen LogP contribution >= 0.6 is 0 Å². The van der Waals surface area contributed by atoms with E-state index in [-0.39, 0.29) is 5.41 Å². The minimum Gasteiger partial charge on any atom is -0.264 e. The molecule has 0 atom stereocenters. The molecule has 0 saturated carbocycles. The highest BCUT2D eigenvalue weighted by atomic mass is 14.9. The lowest BCUT2D eigenvalue weighted by Crippen LogP contribution is -2.14. The molecule has 0 spiro atoms. The summed E-state index contributed by atoms with van der Waals surface area (Å²) in [5.74, 6) is 0.707. The fraction of sp³-hybridized carbons (Fsp3) is 0.0556. The van der Waals surface area contributed by atoms with Crippen molar-refractivity contribution in [3.63, 3.8) is 0 Å². The van der Waals surface area contributed by atoms with Crippen LogP contribution in [-0.4, -0.2) is 15.0 Å². The highest BCUT2D eigenvalue weighted by Gasteiger charge is 2.36. The third-order valence-corrected chi connectivity index (χ3v) is 11.5. The molecule has 9 aromatic rings. The zero-order valence-corrected chi connectivity index (χ0v) is 31.9. The fourth-order valence-corrected chi connectivity index (χ4v) is 8.35. The molecule has 0 aliphatic heterocycles. The number of nitrogens with zero attached hydrogens (tertiary/aromatic N) is 3. The number of hydrogen-bond donors (Lipinski definition) is 0. The third kappa shape index (κ3) is 6.33. The quantitative estimate of drug-likeness (QED) is 0.164. The maximum atomic E-state index is 5.30. The van der Waals surface area contributed by atoms with Crippen LogP contribution in [0.4, 0.5) is 0 Å². The molecule has 3 heteroatoms. The van der Waals surface area contributed by atoms with Gasteiger partial charge < -0.3 is 0 Å². The minimum atomic E-state index is -0.104. The van der Waals surface area contributed by atoms with E-state index in [0.29, 0.717) is 5.82 Å². The molecule has 0 saturated heterocycles. The molecule has 57 heavy (non-hydrogen) atoms. The lowest BCUT2D eigenvalue weighted by molar-refractivity contribution is 0.660. The van der Waals surface area contributed by atoms with Crippen LogP contribution in [0.15, 0.2) is 200 Å². The number of pyridine rings is 1. The van der Waals surface area contributed by atoms with E-state index >= 15 is 0 Å². The van der Waals surface area contributed by atoms with Gasteiger partial charge in [0.2, 0.25) is 0 Å². The van der Waals surface area contributed by atoms with Gasteiger partial charge in [-0.15, -0.1) is 0 Å². The zero-order valence-electron chi connectivity index (χ0n) is 31.9. The van der Waals surface area contributed by atoms with E-state index in [9.17, 15) is 0 Å². The summed E-state index contributed by atoms with van der Waals surface area (Å²) in [4.78, 5) is 14.8. The van der Waals surface area contributed by atoms with E-state index in [1.807, 2.05) is 18.3 Å². The highest BCUT2D eigenvalue weighted by Crippen LogP contribution is 2.52. The Balaban J connectivity index is 1.01. The topological polar surface area (TPSA) is 38.7 Å². The van der Waals surface area contributed by atoms with Gasteiger partial charge in [0, 0.05) is 34.5 Å². The van der Waals surface area contributed by atoms with Crippen molar-refractivity contribution in [1.29, 1.82) is 0 Å². The van der Waals surface area contributed by atoms with Crippen molar-refractivity contribution in [1.82, 2.24) is 15.0 Å². The summed E-state index contributed by atoms with van der Waals surface area (Å²) < 4.78 is 0. The first-order chi connectivity index (χ1) is 28.0. The molecule has 1 aliphatic rings. The minimum absolute atomic E-state index is 0.104. The molecule has 2 aromatic heterocycles. The van der Waals surface area contributed by atoms with Gasteiger partial charge in [-0.25, -0.2) is 9.97 Å². The molecule has 0 radical (unpaired) electrons. The number of rotatable bonds is 7. The molecule has 10 rings (SSSR count). The van der Waals surface area contributed by atoms with Gasteiger partial charge in [-0.1, -0.05) is 190 Å². The maximum Gasteiger partial charge on any atom is 0.160 e. The predicted octanol–water partition coefficient (Wildman–Crippen LogP) is 13.8. The van der Waals surface area contributed by atoms with Crippen LogP contribution < -0.4 is 0 Å². The summed E-state index contributed by atoms with van der Waals surface area (Å²) in [6.07, 6.45) is 3.70. The molecule has 7 aromatic carbocycles. The molecule has 1 aliphatic carbocycles. The summed E-state index contributed by atoms with van der Waals surface area (Å²) >= 11 is 0. The lowest BCUT2D eigenvalue weighted by atomic mass is 9.82. The van der Waals surface area contributed by atoms with Crippen molar-refractivity contribution in [2.45, 2.75) is 19.3 Å². The Bertz CT molecular complexity index is 2860. The zero-order chi connectivity index (χ0) is 38.3. The van der Waals surface area contributed by atoms with Gasteiger partial charge in [-0.3, -0.25) is 4.98 Å². The fourth-order valence-electron chi connectivity index (χ4n) is 8.35. The summed E-state index contributed by atoms with van der Waals surface area (Å²) in [5.41, 5.74) is 19.4. The predicted molar refractivity (Wildman–Crippen MR) is 235 cm³/mol. The van der Waals surface area contributed by atoms with Gasteiger partial charge >= 0.3 is 0 Å². The second-order valence-corrected chi connectivity index (χ2v) is 15.3. The Morgan fingerprint density at radius 3 is 1.40 bits per heavy atom. The molecule has 0 fully saturated rings. The van der Waals surface area contributed by atoms with Crippen molar-refractivity contribution in [3.8, 4) is 89.5 Å². The van der Waals surface area contributed by atoms with Gasteiger partial charge in [0.05, 0.1) is 11.4 Å². The van der Waals surface area contributed by atoms with E-state index in [4.69, 9.17) is 9.97 Å². The first-order valence-electron chi connectivity index (χ1n) is 19.5. The Morgan fingerprint density at radius 2 is 0.807 bits per heavy atom. The van der Waals surface area contributed by atoms with E-state index in [1.165, 1.54) is 44.5 Å². The number of aromatic nitrogens is 3. The molecule has 3 nitrogen and oxygen atoms in total. The molecular formula is C54H39N3. The smallest absolute Gasteiger partial charge is 0.160 e. The molecule has 0 amide bonds. The Morgan fingerprint density at radius 1 is 0.351 bits per heavy atom. The lowest BCUT2D eigenvalue weighted by Gasteiger charge is -2.21. The van der Waals surface area contributed by atoms with Crippen molar-refractivity contribution >= 4 is 0 Å². The van der Waals surface area contributed by atoms with Crippen LogP contribution in [0.5, 0.6) is 0 Å². The average molecular weight is 730 g/mol. The van der Waals surface area contributed by atoms with Crippen molar-refractivity contribution in [2.75, 3.05) is 0 Å². The monoisotopic (exact) mass is 729 g/mol. The van der Waals surface area contributed by atoms with E-state index < -0.39 is 0 Å². The van der Waals surface area contributed by atoms with Crippen LogP contribution in [-0.2, 0) is 5.41 Å².